The zero-order valence-corrected chi connectivity index (χ0v) is 23.9. The molecular weight excluding hydrogens is 508 g/mol. The van der Waals surface area contributed by atoms with Gasteiger partial charge < -0.3 is 16.4 Å². The Morgan fingerprint density at radius 3 is 2.00 bits per heavy atom. The number of primary amides is 1. The molecule has 218 valence electrons. The Balaban J connectivity index is 2.04. The zero-order valence-electron chi connectivity index (χ0n) is 23.9. The third kappa shape index (κ3) is 12.4. The summed E-state index contributed by atoms with van der Waals surface area (Å²) < 4.78 is 0. The van der Waals surface area contributed by atoms with E-state index in [2.05, 4.69) is 23.0 Å². The van der Waals surface area contributed by atoms with Crippen molar-refractivity contribution in [1.82, 2.24) is 16.1 Å². The van der Waals surface area contributed by atoms with Gasteiger partial charge in [0.1, 0.15) is 12.1 Å². The molecule has 9 nitrogen and oxygen atoms in total. The Morgan fingerprint density at radius 1 is 0.825 bits per heavy atom. The Labute approximate surface area is 237 Å². The maximum atomic E-state index is 13.4. The first-order valence-electron chi connectivity index (χ1n) is 14.1. The summed E-state index contributed by atoms with van der Waals surface area (Å²) in [4.78, 5) is 56.7. The number of rotatable bonds is 18. The number of carbonyl (C=O) groups is 4. The minimum atomic E-state index is -0.922. The van der Waals surface area contributed by atoms with Crippen molar-refractivity contribution in [3.8, 4) is 0 Å². The van der Waals surface area contributed by atoms with Crippen LogP contribution in [-0.2, 0) is 37.0 Å². The van der Waals surface area contributed by atoms with Gasteiger partial charge in [-0.2, -0.15) is 0 Å². The van der Waals surface area contributed by atoms with E-state index in [9.17, 15) is 19.2 Å². The Hall–Kier alpha value is -3.72. The normalized spacial score (nSPS) is 13.2. The van der Waals surface area contributed by atoms with Crippen LogP contribution in [0.15, 0.2) is 60.7 Å². The molecule has 3 atom stereocenters. The fourth-order valence-electron chi connectivity index (χ4n) is 4.34. The van der Waals surface area contributed by atoms with Crippen LogP contribution in [0.4, 0.5) is 0 Å². The average molecular weight is 553 g/mol. The number of hydrogen-bond donors (Lipinski definition) is 4. The predicted molar refractivity (Wildman–Crippen MR) is 154 cm³/mol. The van der Waals surface area contributed by atoms with Crippen LogP contribution in [0.25, 0.3) is 0 Å². The van der Waals surface area contributed by atoms with Crippen molar-refractivity contribution in [1.29, 1.82) is 0 Å². The number of nitrogens with two attached hydrogens (primary N) is 1. The van der Waals surface area contributed by atoms with Crippen LogP contribution in [0.3, 0.4) is 0 Å². The first-order valence-corrected chi connectivity index (χ1v) is 14.1. The summed E-state index contributed by atoms with van der Waals surface area (Å²) in [5.41, 5.74) is 9.77. The SMILES string of the molecule is CCCCC[C@@H](CC(=O)NOCc1ccccc1)C(=O)N[C@H](CC(C)C)C(=O)N[C@@H](Cc1ccccc1)C(N)=O. The van der Waals surface area contributed by atoms with Crippen LogP contribution in [0.2, 0.25) is 0 Å². The predicted octanol–water partition coefficient (Wildman–Crippen LogP) is 3.56. The van der Waals surface area contributed by atoms with Crippen molar-refractivity contribution < 1.29 is 24.0 Å². The molecule has 0 fully saturated rings. The molecule has 0 aliphatic carbocycles. The first kappa shape index (κ1) is 32.5. The van der Waals surface area contributed by atoms with Gasteiger partial charge in [-0.05, 0) is 29.9 Å². The van der Waals surface area contributed by atoms with Gasteiger partial charge >= 0.3 is 0 Å². The highest BCUT2D eigenvalue weighted by molar-refractivity contribution is 5.93. The van der Waals surface area contributed by atoms with E-state index >= 15 is 0 Å². The molecule has 4 amide bonds. The van der Waals surface area contributed by atoms with Crippen LogP contribution in [0.1, 0.15) is 70.4 Å². The van der Waals surface area contributed by atoms with Crippen molar-refractivity contribution in [2.45, 2.75) is 84.4 Å². The Morgan fingerprint density at radius 2 is 1.43 bits per heavy atom. The second-order valence-electron chi connectivity index (χ2n) is 10.5. The number of carbonyl (C=O) groups excluding carboxylic acids is 4. The summed E-state index contributed by atoms with van der Waals surface area (Å²) in [6.45, 7) is 6.16. The summed E-state index contributed by atoms with van der Waals surface area (Å²) in [5.74, 6) is -2.47. The summed E-state index contributed by atoms with van der Waals surface area (Å²) in [7, 11) is 0. The molecule has 5 N–H and O–H groups in total. The maximum Gasteiger partial charge on any atom is 0.244 e. The third-order valence-corrected chi connectivity index (χ3v) is 6.51. The lowest BCUT2D eigenvalue weighted by Gasteiger charge is -2.25. The summed E-state index contributed by atoms with van der Waals surface area (Å²) in [6.07, 6.45) is 3.70. The van der Waals surface area contributed by atoms with Crippen molar-refractivity contribution >= 4 is 23.6 Å². The Bertz CT molecular complexity index is 1060. The van der Waals surface area contributed by atoms with Crippen LogP contribution in [-0.4, -0.2) is 35.7 Å². The van der Waals surface area contributed by atoms with E-state index in [-0.39, 0.29) is 31.3 Å². The highest BCUT2D eigenvalue weighted by Crippen LogP contribution is 2.16. The quantitative estimate of drug-likeness (QED) is 0.165. The molecule has 0 saturated heterocycles. The second-order valence-corrected chi connectivity index (χ2v) is 10.5. The molecule has 0 unspecified atom stereocenters. The van der Waals surface area contributed by atoms with E-state index < -0.39 is 35.7 Å². The largest absolute Gasteiger partial charge is 0.368 e. The molecule has 2 aromatic rings. The van der Waals surface area contributed by atoms with Gasteiger partial charge in [0.05, 0.1) is 6.61 Å². The lowest BCUT2D eigenvalue weighted by Crippen LogP contribution is -2.54. The third-order valence-electron chi connectivity index (χ3n) is 6.51. The monoisotopic (exact) mass is 552 g/mol. The summed E-state index contributed by atoms with van der Waals surface area (Å²) in [5, 5.41) is 5.57. The molecule has 0 aliphatic rings. The lowest BCUT2D eigenvalue weighted by molar-refractivity contribution is -0.139. The topological polar surface area (TPSA) is 140 Å². The van der Waals surface area contributed by atoms with E-state index in [1.54, 1.807) is 0 Å². The van der Waals surface area contributed by atoms with Crippen molar-refractivity contribution in [2.75, 3.05) is 0 Å². The average Bonchev–Trinajstić information content (AvgIpc) is 2.92. The van der Waals surface area contributed by atoms with Gasteiger partial charge in [-0.25, -0.2) is 5.48 Å². The van der Waals surface area contributed by atoms with Gasteiger partial charge in [0.25, 0.3) is 0 Å². The van der Waals surface area contributed by atoms with Crippen LogP contribution in [0, 0.1) is 11.8 Å². The van der Waals surface area contributed by atoms with Gasteiger partial charge in [0, 0.05) is 18.8 Å². The van der Waals surface area contributed by atoms with E-state index in [0.717, 1.165) is 30.4 Å². The summed E-state index contributed by atoms with van der Waals surface area (Å²) in [6, 6.07) is 16.9. The lowest BCUT2D eigenvalue weighted by atomic mass is 9.95. The zero-order chi connectivity index (χ0) is 29.3. The fourth-order valence-corrected chi connectivity index (χ4v) is 4.34. The number of amides is 4. The first-order chi connectivity index (χ1) is 19.2. The molecule has 40 heavy (non-hydrogen) atoms. The maximum absolute atomic E-state index is 13.4. The number of nitrogens with one attached hydrogen (secondary N) is 3. The highest BCUT2D eigenvalue weighted by atomic mass is 16.6. The highest BCUT2D eigenvalue weighted by Gasteiger charge is 2.30. The van der Waals surface area contributed by atoms with Gasteiger partial charge in [-0.1, -0.05) is 101 Å². The number of hydroxylamine groups is 1. The molecule has 9 heteroatoms. The van der Waals surface area contributed by atoms with Crippen molar-refractivity contribution in [3.63, 3.8) is 0 Å². The second kappa shape index (κ2) is 17.8. The minimum Gasteiger partial charge on any atom is -0.368 e. The van der Waals surface area contributed by atoms with E-state index in [1.807, 2.05) is 74.5 Å². The molecule has 0 saturated carbocycles. The Kier molecular flexibility index (Phi) is 14.4. The number of hydrogen-bond acceptors (Lipinski definition) is 5. The molecule has 2 aromatic carbocycles. The molecule has 0 aliphatic heterocycles. The number of unbranched alkanes of at least 4 members (excludes halogenated alkanes) is 2. The van der Waals surface area contributed by atoms with E-state index in [1.165, 1.54) is 0 Å². The van der Waals surface area contributed by atoms with E-state index in [0.29, 0.717) is 12.8 Å². The molecule has 0 bridgehead atoms. The van der Waals surface area contributed by atoms with Gasteiger partial charge in [-0.3, -0.25) is 24.0 Å². The van der Waals surface area contributed by atoms with Gasteiger partial charge in [-0.15, -0.1) is 0 Å². The minimum absolute atomic E-state index is 0.0712. The number of benzene rings is 2. The molecule has 2 rings (SSSR count). The van der Waals surface area contributed by atoms with Crippen molar-refractivity contribution in [3.05, 3.63) is 71.8 Å². The molecule has 0 radical (unpaired) electrons. The molecular formula is C31H44N4O5. The van der Waals surface area contributed by atoms with Crippen LogP contribution in [0.5, 0.6) is 0 Å². The van der Waals surface area contributed by atoms with Crippen LogP contribution < -0.4 is 21.8 Å². The summed E-state index contributed by atoms with van der Waals surface area (Å²) >= 11 is 0. The molecule has 0 spiro atoms. The van der Waals surface area contributed by atoms with Gasteiger partial charge in [0.15, 0.2) is 0 Å². The standard InChI is InChI=1S/C31H44N4O5/c1-4-5-8-17-25(20-28(36)35-40-21-24-15-11-7-12-16-24)30(38)34-27(18-22(2)3)31(39)33-26(29(32)37)19-23-13-9-6-10-14-23/h6-7,9-16,22,25-27H,4-5,8,17-21H2,1-3H3,(H2,32,37)(H,33,39)(H,34,38)(H,35,36)/t25-,26-,27+/m0/s1. The fraction of sp³-hybridized carbons (Fsp3) is 0.484. The van der Waals surface area contributed by atoms with Crippen molar-refractivity contribution in [2.24, 2.45) is 17.6 Å². The molecule has 0 heterocycles. The molecule has 0 aromatic heterocycles. The van der Waals surface area contributed by atoms with E-state index in [4.69, 9.17) is 10.6 Å². The van der Waals surface area contributed by atoms with Crippen LogP contribution >= 0.6 is 0 Å². The van der Waals surface area contributed by atoms with Gasteiger partial charge in [0.2, 0.25) is 23.6 Å². The smallest absolute Gasteiger partial charge is 0.244 e.